The Labute approximate surface area is 109 Å². The molecule has 4 nitrogen and oxygen atoms in total. The molecule has 0 aliphatic heterocycles. The zero-order valence-corrected chi connectivity index (χ0v) is 10.1. The van der Waals surface area contributed by atoms with Crippen molar-refractivity contribution in [3.63, 3.8) is 0 Å². The SMILES string of the molecule is O=C(/C=C/c1cccn1Cc1cccc(F)c1)NO. The second kappa shape index (κ2) is 5.97. The molecule has 19 heavy (non-hydrogen) atoms. The molecule has 0 saturated carbocycles. The van der Waals surface area contributed by atoms with Gasteiger partial charge in [-0.2, -0.15) is 0 Å². The van der Waals surface area contributed by atoms with E-state index in [2.05, 4.69) is 0 Å². The third kappa shape index (κ3) is 3.53. The number of hydroxylamine groups is 1. The van der Waals surface area contributed by atoms with Gasteiger partial charge in [0.1, 0.15) is 5.82 Å². The fraction of sp³-hybridized carbons (Fsp3) is 0.0714. The number of hydrogen-bond donors (Lipinski definition) is 2. The number of carbonyl (C=O) groups is 1. The molecule has 1 aromatic heterocycles. The van der Waals surface area contributed by atoms with Gasteiger partial charge in [0, 0.05) is 24.5 Å². The van der Waals surface area contributed by atoms with Crippen molar-refractivity contribution < 1.29 is 14.4 Å². The Morgan fingerprint density at radius 3 is 2.95 bits per heavy atom. The van der Waals surface area contributed by atoms with E-state index in [4.69, 9.17) is 5.21 Å². The molecular formula is C14H13FN2O2. The molecule has 0 fully saturated rings. The van der Waals surface area contributed by atoms with Gasteiger partial charge in [-0.3, -0.25) is 10.0 Å². The Hall–Kier alpha value is -2.40. The van der Waals surface area contributed by atoms with E-state index in [1.54, 1.807) is 12.1 Å². The van der Waals surface area contributed by atoms with Crippen LogP contribution in [0, 0.1) is 5.82 Å². The molecule has 5 heteroatoms. The highest BCUT2D eigenvalue weighted by atomic mass is 19.1. The van der Waals surface area contributed by atoms with Crippen LogP contribution in [0.2, 0.25) is 0 Å². The number of rotatable bonds is 4. The highest BCUT2D eigenvalue weighted by Crippen LogP contribution is 2.10. The van der Waals surface area contributed by atoms with E-state index in [1.165, 1.54) is 23.7 Å². The Bertz CT molecular complexity index is 605. The lowest BCUT2D eigenvalue weighted by atomic mass is 10.2. The maximum Gasteiger partial charge on any atom is 0.267 e. The first-order valence-corrected chi connectivity index (χ1v) is 5.71. The molecule has 0 aliphatic rings. The van der Waals surface area contributed by atoms with Gasteiger partial charge in [0.2, 0.25) is 0 Å². The first kappa shape index (κ1) is 13.0. The van der Waals surface area contributed by atoms with Gasteiger partial charge in [0.25, 0.3) is 5.91 Å². The Morgan fingerprint density at radius 2 is 2.21 bits per heavy atom. The summed E-state index contributed by atoms with van der Waals surface area (Å²) >= 11 is 0. The molecule has 1 amide bonds. The lowest BCUT2D eigenvalue weighted by Crippen LogP contribution is -2.15. The Morgan fingerprint density at radius 1 is 1.37 bits per heavy atom. The molecule has 1 aromatic carbocycles. The van der Waals surface area contributed by atoms with Gasteiger partial charge in [-0.15, -0.1) is 0 Å². The van der Waals surface area contributed by atoms with E-state index in [0.29, 0.717) is 6.54 Å². The third-order valence-corrected chi connectivity index (χ3v) is 2.62. The van der Waals surface area contributed by atoms with E-state index in [9.17, 15) is 9.18 Å². The van der Waals surface area contributed by atoms with Crippen LogP contribution >= 0.6 is 0 Å². The van der Waals surface area contributed by atoms with Crippen molar-refractivity contribution in [2.24, 2.45) is 0 Å². The zero-order valence-electron chi connectivity index (χ0n) is 10.1. The normalized spacial score (nSPS) is 10.8. The predicted molar refractivity (Wildman–Crippen MR) is 68.9 cm³/mol. The summed E-state index contributed by atoms with van der Waals surface area (Å²) < 4.78 is 15.0. The number of halogens is 1. The van der Waals surface area contributed by atoms with Gasteiger partial charge in [-0.25, -0.2) is 9.87 Å². The standard InChI is InChI=1S/C14H13FN2O2/c15-12-4-1-3-11(9-12)10-17-8-2-5-13(17)6-7-14(18)16-19/h1-9,19H,10H2,(H,16,18)/b7-6+. The van der Waals surface area contributed by atoms with Crippen molar-refractivity contribution >= 4 is 12.0 Å². The number of benzene rings is 1. The van der Waals surface area contributed by atoms with Crippen molar-refractivity contribution in [2.45, 2.75) is 6.54 Å². The molecule has 2 N–H and O–H groups in total. The lowest BCUT2D eigenvalue weighted by molar-refractivity contribution is -0.124. The number of hydrogen-bond acceptors (Lipinski definition) is 2. The quantitative estimate of drug-likeness (QED) is 0.503. The Kier molecular flexibility index (Phi) is 4.10. The summed E-state index contributed by atoms with van der Waals surface area (Å²) in [4.78, 5) is 10.9. The fourth-order valence-electron chi connectivity index (χ4n) is 1.75. The number of aromatic nitrogens is 1. The molecule has 0 bridgehead atoms. The van der Waals surface area contributed by atoms with Gasteiger partial charge in [-0.05, 0) is 35.9 Å². The summed E-state index contributed by atoms with van der Waals surface area (Å²) in [7, 11) is 0. The third-order valence-electron chi connectivity index (χ3n) is 2.62. The molecule has 0 spiro atoms. The van der Waals surface area contributed by atoms with E-state index < -0.39 is 5.91 Å². The summed E-state index contributed by atoms with van der Waals surface area (Å²) in [6, 6.07) is 10.00. The molecular weight excluding hydrogens is 247 g/mol. The van der Waals surface area contributed by atoms with Gasteiger partial charge >= 0.3 is 0 Å². The van der Waals surface area contributed by atoms with E-state index in [1.807, 2.05) is 29.0 Å². The maximum absolute atomic E-state index is 13.1. The summed E-state index contributed by atoms with van der Waals surface area (Å²) in [6.07, 6.45) is 4.63. The fourth-order valence-corrected chi connectivity index (χ4v) is 1.75. The monoisotopic (exact) mass is 260 g/mol. The summed E-state index contributed by atoms with van der Waals surface area (Å²) in [5, 5.41) is 8.40. The number of nitrogens with one attached hydrogen (secondary N) is 1. The number of amides is 1. The zero-order chi connectivity index (χ0) is 13.7. The minimum atomic E-state index is -0.599. The second-order valence-corrected chi connectivity index (χ2v) is 4.00. The van der Waals surface area contributed by atoms with Crippen LogP contribution in [-0.2, 0) is 11.3 Å². The molecule has 0 unspecified atom stereocenters. The van der Waals surface area contributed by atoms with Crippen LogP contribution in [-0.4, -0.2) is 15.7 Å². The van der Waals surface area contributed by atoms with Crippen LogP contribution in [0.4, 0.5) is 4.39 Å². The van der Waals surface area contributed by atoms with Gasteiger partial charge in [0.15, 0.2) is 0 Å². The van der Waals surface area contributed by atoms with Crippen LogP contribution in [0.25, 0.3) is 6.08 Å². The smallest absolute Gasteiger partial charge is 0.267 e. The molecule has 0 aliphatic carbocycles. The molecule has 2 aromatic rings. The summed E-state index contributed by atoms with van der Waals surface area (Å²) in [5.41, 5.74) is 3.14. The molecule has 1 heterocycles. The lowest BCUT2D eigenvalue weighted by Gasteiger charge is -2.06. The maximum atomic E-state index is 13.1. The number of nitrogens with zero attached hydrogens (tertiary/aromatic N) is 1. The molecule has 0 atom stereocenters. The van der Waals surface area contributed by atoms with Crippen molar-refractivity contribution in [1.82, 2.24) is 10.0 Å². The second-order valence-electron chi connectivity index (χ2n) is 4.00. The largest absolute Gasteiger partial charge is 0.344 e. The van der Waals surface area contributed by atoms with E-state index in [-0.39, 0.29) is 5.82 Å². The van der Waals surface area contributed by atoms with Crippen molar-refractivity contribution in [3.8, 4) is 0 Å². The highest BCUT2D eigenvalue weighted by molar-refractivity contribution is 5.90. The topological polar surface area (TPSA) is 54.3 Å². The minimum Gasteiger partial charge on any atom is -0.344 e. The highest BCUT2D eigenvalue weighted by Gasteiger charge is 2.01. The van der Waals surface area contributed by atoms with Gasteiger partial charge < -0.3 is 4.57 Å². The van der Waals surface area contributed by atoms with Gasteiger partial charge in [-0.1, -0.05) is 12.1 Å². The predicted octanol–water partition coefficient (Wildman–Crippen LogP) is 2.19. The van der Waals surface area contributed by atoms with Crippen LogP contribution < -0.4 is 5.48 Å². The molecule has 0 saturated heterocycles. The Balaban J connectivity index is 2.16. The summed E-state index contributed by atoms with van der Waals surface area (Å²) in [5.74, 6) is -0.875. The van der Waals surface area contributed by atoms with Crippen molar-refractivity contribution in [1.29, 1.82) is 0 Å². The number of carbonyl (C=O) groups excluding carboxylic acids is 1. The minimum absolute atomic E-state index is 0.276. The molecule has 0 radical (unpaired) electrons. The van der Waals surface area contributed by atoms with Crippen molar-refractivity contribution in [2.75, 3.05) is 0 Å². The van der Waals surface area contributed by atoms with E-state index in [0.717, 1.165) is 11.3 Å². The van der Waals surface area contributed by atoms with E-state index >= 15 is 0 Å². The van der Waals surface area contributed by atoms with Crippen LogP contribution in [0.5, 0.6) is 0 Å². The summed E-state index contributed by atoms with van der Waals surface area (Å²) in [6.45, 7) is 0.505. The molecule has 2 rings (SSSR count). The van der Waals surface area contributed by atoms with Crippen LogP contribution in [0.3, 0.4) is 0 Å². The van der Waals surface area contributed by atoms with Gasteiger partial charge in [0.05, 0.1) is 0 Å². The average molecular weight is 260 g/mol. The first-order valence-electron chi connectivity index (χ1n) is 5.71. The average Bonchev–Trinajstić information content (AvgIpc) is 2.83. The van der Waals surface area contributed by atoms with Crippen molar-refractivity contribution in [3.05, 3.63) is 65.7 Å². The van der Waals surface area contributed by atoms with Crippen LogP contribution in [0.1, 0.15) is 11.3 Å². The molecule has 98 valence electrons. The van der Waals surface area contributed by atoms with Crippen LogP contribution in [0.15, 0.2) is 48.7 Å². The first-order chi connectivity index (χ1) is 9.19.